The first kappa shape index (κ1) is 13.0. The molecule has 2 rings (SSSR count). The van der Waals surface area contributed by atoms with E-state index < -0.39 is 0 Å². The van der Waals surface area contributed by atoms with E-state index in [9.17, 15) is 4.79 Å². The second-order valence-corrected chi connectivity index (χ2v) is 5.06. The lowest BCUT2D eigenvalue weighted by atomic mass is 10.3. The molecule has 0 aliphatic carbocycles. The number of rotatable bonds is 2. The van der Waals surface area contributed by atoms with Crippen LogP contribution in [0.25, 0.3) is 0 Å². The van der Waals surface area contributed by atoms with Gasteiger partial charge in [0.05, 0.1) is 23.1 Å². The third kappa shape index (κ3) is 3.08. The maximum atomic E-state index is 11.8. The fourth-order valence-corrected chi connectivity index (χ4v) is 2.14. The molecule has 0 atom stereocenters. The Morgan fingerprint density at radius 2 is 2.11 bits per heavy atom. The Morgan fingerprint density at radius 1 is 1.33 bits per heavy atom. The second kappa shape index (κ2) is 5.49. The number of nitrogens with two attached hydrogens (primary N) is 1. The van der Waals surface area contributed by atoms with E-state index in [4.69, 9.17) is 17.3 Å². The molecular formula is C11H8ClIN4O. The van der Waals surface area contributed by atoms with Crippen LogP contribution < -0.4 is 11.1 Å². The maximum Gasteiger partial charge on any atom is 0.275 e. The third-order valence-electron chi connectivity index (χ3n) is 2.08. The number of anilines is 2. The van der Waals surface area contributed by atoms with Gasteiger partial charge in [0.1, 0.15) is 11.5 Å². The molecule has 92 valence electrons. The molecular weight excluding hydrogens is 367 g/mol. The van der Waals surface area contributed by atoms with Gasteiger partial charge in [-0.1, -0.05) is 11.6 Å². The first-order chi connectivity index (χ1) is 8.56. The van der Waals surface area contributed by atoms with Crippen molar-refractivity contribution in [3.63, 3.8) is 0 Å². The zero-order valence-corrected chi connectivity index (χ0v) is 11.9. The molecule has 0 fully saturated rings. The second-order valence-electron chi connectivity index (χ2n) is 3.40. The quantitative estimate of drug-likeness (QED) is 0.792. The predicted octanol–water partition coefficient (Wildman–Crippen LogP) is 2.57. The van der Waals surface area contributed by atoms with E-state index in [1.165, 1.54) is 12.4 Å². The van der Waals surface area contributed by atoms with Crippen molar-refractivity contribution in [3.05, 3.63) is 44.9 Å². The Balaban J connectivity index is 2.18. The first-order valence-corrected chi connectivity index (χ1v) is 6.36. The van der Waals surface area contributed by atoms with Gasteiger partial charge < -0.3 is 11.1 Å². The maximum absolute atomic E-state index is 11.8. The molecule has 3 N–H and O–H groups in total. The number of hydrogen-bond donors (Lipinski definition) is 2. The number of hydrogen-bond acceptors (Lipinski definition) is 4. The largest absolute Gasteiger partial charge is 0.382 e. The molecule has 0 saturated heterocycles. The molecule has 0 radical (unpaired) electrons. The van der Waals surface area contributed by atoms with Gasteiger partial charge in [-0.2, -0.15) is 0 Å². The standard InChI is InChI=1S/C11H8ClIN4O/c12-7-3-6(13)1-2-8(7)17-11(18)9-4-16-10(14)5-15-9/h1-5H,(H2,14,16)(H,17,18). The smallest absolute Gasteiger partial charge is 0.275 e. The minimum Gasteiger partial charge on any atom is -0.382 e. The molecule has 5 nitrogen and oxygen atoms in total. The molecule has 2 aromatic rings. The van der Waals surface area contributed by atoms with Gasteiger partial charge in [-0.3, -0.25) is 4.79 Å². The predicted molar refractivity (Wildman–Crippen MR) is 78.6 cm³/mol. The normalized spacial score (nSPS) is 10.1. The fraction of sp³-hybridized carbons (Fsp3) is 0. The van der Waals surface area contributed by atoms with Crippen LogP contribution in [0.5, 0.6) is 0 Å². The van der Waals surface area contributed by atoms with Gasteiger partial charge >= 0.3 is 0 Å². The van der Waals surface area contributed by atoms with Gasteiger partial charge in [-0.05, 0) is 40.8 Å². The Morgan fingerprint density at radius 3 is 2.72 bits per heavy atom. The third-order valence-corrected chi connectivity index (χ3v) is 3.07. The molecule has 1 heterocycles. The molecule has 7 heteroatoms. The van der Waals surface area contributed by atoms with Crippen LogP contribution in [-0.4, -0.2) is 15.9 Å². The lowest BCUT2D eigenvalue weighted by molar-refractivity contribution is 0.102. The van der Waals surface area contributed by atoms with E-state index in [0.29, 0.717) is 10.7 Å². The van der Waals surface area contributed by atoms with Crippen LogP contribution in [0.15, 0.2) is 30.6 Å². The monoisotopic (exact) mass is 374 g/mol. The Labute approximate surface area is 122 Å². The Kier molecular flexibility index (Phi) is 3.97. The van der Waals surface area contributed by atoms with Crippen molar-refractivity contribution in [2.24, 2.45) is 0 Å². The number of carbonyl (C=O) groups is 1. The summed E-state index contributed by atoms with van der Waals surface area (Å²) < 4.78 is 0.989. The average Bonchev–Trinajstić information content (AvgIpc) is 2.33. The molecule has 0 aliphatic rings. The van der Waals surface area contributed by atoms with Crippen molar-refractivity contribution >= 4 is 51.6 Å². The van der Waals surface area contributed by atoms with Gasteiger partial charge in [-0.25, -0.2) is 9.97 Å². The van der Waals surface area contributed by atoms with Gasteiger partial charge in [-0.15, -0.1) is 0 Å². The molecule has 1 aromatic heterocycles. The minimum atomic E-state index is -0.384. The summed E-state index contributed by atoms with van der Waals surface area (Å²) in [6.45, 7) is 0. The number of benzene rings is 1. The number of amides is 1. The van der Waals surface area contributed by atoms with Crippen LogP contribution in [0.2, 0.25) is 5.02 Å². The van der Waals surface area contributed by atoms with Crippen LogP contribution in [0.3, 0.4) is 0 Å². The van der Waals surface area contributed by atoms with E-state index >= 15 is 0 Å². The zero-order valence-electron chi connectivity index (χ0n) is 9.02. The topological polar surface area (TPSA) is 80.9 Å². The highest BCUT2D eigenvalue weighted by atomic mass is 127. The SMILES string of the molecule is Nc1cnc(C(=O)Nc2ccc(I)cc2Cl)cn1. The van der Waals surface area contributed by atoms with Crippen LogP contribution >= 0.6 is 34.2 Å². The number of aromatic nitrogens is 2. The van der Waals surface area contributed by atoms with E-state index in [-0.39, 0.29) is 17.4 Å². The number of nitrogens with one attached hydrogen (secondary N) is 1. The summed E-state index contributed by atoms with van der Waals surface area (Å²) in [5, 5.41) is 3.13. The van der Waals surface area contributed by atoms with Crippen molar-refractivity contribution in [2.45, 2.75) is 0 Å². The summed E-state index contributed by atoms with van der Waals surface area (Å²) >= 11 is 8.15. The number of carbonyl (C=O) groups excluding carboxylic acids is 1. The van der Waals surface area contributed by atoms with Crippen molar-refractivity contribution in [2.75, 3.05) is 11.1 Å². The highest BCUT2D eigenvalue weighted by Crippen LogP contribution is 2.24. The summed E-state index contributed by atoms with van der Waals surface area (Å²) in [6, 6.07) is 5.33. The highest BCUT2D eigenvalue weighted by molar-refractivity contribution is 14.1. The van der Waals surface area contributed by atoms with E-state index in [2.05, 4.69) is 37.9 Å². The van der Waals surface area contributed by atoms with Gasteiger partial charge in [0.25, 0.3) is 5.91 Å². The number of nitrogens with zero attached hydrogens (tertiary/aromatic N) is 2. The zero-order chi connectivity index (χ0) is 13.1. The van der Waals surface area contributed by atoms with Gasteiger partial charge in [0.2, 0.25) is 0 Å². The summed E-state index contributed by atoms with van der Waals surface area (Å²) in [5.41, 5.74) is 6.10. The van der Waals surface area contributed by atoms with E-state index in [1.54, 1.807) is 12.1 Å². The highest BCUT2D eigenvalue weighted by Gasteiger charge is 2.10. The summed E-state index contributed by atoms with van der Waals surface area (Å²) in [6.07, 6.45) is 2.63. The van der Waals surface area contributed by atoms with Crippen LogP contribution in [0.4, 0.5) is 11.5 Å². The Hall–Kier alpha value is -1.41. The van der Waals surface area contributed by atoms with Crippen molar-refractivity contribution < 1.29 is 4.79 Å². The van der Waals surface area contributed by atoms with E-state index in [0.717, 1.165) is 3.57 Å². The average molecular weight is 375 g/mol. The van der Waals surface area contributed by atoms with Crippen LogP contribution in [0, 0.1) is 3.57 Å². The lowest BCUT2D eigenvalue weighted by Gasteiger charge is -2.06. The summed E-state index contributed by atoms with van der Waals surface area (Å²) in [5.74, 6) is -0.121. The molecule has 0 unspecified atom stereocenters. The van der Waals surface area contributed by atoms with Crippen LogP contribution in [0.1, 0.15) is 10.5 Å². The molecule has 0 aliphatic heterocycles. The Bertz CT molecular complexity index is 588. The lowest BCUT2D eigenvalue weighted by Crippen LogP contribution is -2.14. The number of halogens is 2. The summed E-state index contributed by atoms with van der Waals surface area (Å²) in [4.78, 5) is 19.5. The van der Waals surface area contributed by atoms with Gasteiger partial charge in [0, 0.05) is 3.57 Å². The van der Waals surface area contributed by atoms with Crippen molar-refractivity contribution in [1.29, 1.82) is 0 Å². The minimum absolute atomic E-state index is 0.179. The first-order valence-electron chi connectivity index (χ1n) is 4.90. The van der Waals surface area contributed by atoms with Crippen molar-refractivity contribution in [1.82, 2.24) is 9.97 Å². The summed E-state index contributed by atoms with van der Waals surface area (Å²) in [7, 11) is 0. The molecule has 18 heavy (non-hydrogen) atoms. The molecule has 0 bridgehead atoms. The van der Waals surface area contributed by atoms with E-state index in [1.807, 2.05) is 6.07 Å². The molecule has 0 saturated carbocycles. The number of nitrogen functional groups attached to an aromatic ring is 1. The fourth-order valence-electron chi connectivity index (χ4n) is 1.23. The molecule has 1 aromatic carbocycles. The van der Waals surface area contributed by atoms with Crippen LogP contribution in [-0.2, 0) is 0 Å². The molecule has 1 amide bonds. The van der Waals surface area contributed by atoms with Crippen molar-refractivity contribution in [3.8, 4) is 0 Å². The van der Waals surface area contributed by atoms with Gasteiger partial charge in [0.15, 0.2) is 0 Å². The molecule has 0 spiro atoms.